The number of dihydropyridines is 1. The molecule has 2 rings (SSSR count). The maximum Gasteiger partial charge on any atom is 0.337 e. The summed E-state index contributed by atoms with van der Waals surface area (Å²) in [5.74, 6) is -2.22. The number of ether oxygens (including phenoxy) is 2. The molecule has 0 fully saturated rings. The number of carbonyl (C=O) groups excluding carboxylic acids is 3. The topological polar surface area (TPSA) is 81.7 Å². The first-order valence-corrected chi connectivity index (χ1v) is 9.49. The van der Waals surface area contributed by atoms with E-state index in [4.69, 9.17) is 21.1 Å². The Morgan fingerprint density at radius 1 is 1.14 bits per heavy atom. The van der Waals surface area contributed by atoms with Gasteiger partial charge in [-0.2, -0.15) is 0 Å². The summed E-state index contributed by atoms with van der Waals surface area (Å²) in [5.41, 5.74) is 1.83. The summed E-state index contributed by atoms with van der Waals surface area (Å²) in [6, 6.07) is 6.95. The number of methoxy groups -OCH3 is 1. The molecule has 1 aromatic rings. The fourth-order valence-electron chi connectivity index (χ4n) is 3.09. The molecule has 0 saturated carbocycles. The van der Waals surface area contributed by atoms with Crippen LogP contribution in [0.25, 0.3) is 0 Å². The van der Waals surface area contributed by atoms with Gasteiger partial charge < -0.3 is 14.8 Å². The van der Waals surface area contributed by atoms with Crippen LogP contribution in [-0.2, 0) is 23.9 Å². The smallest absolute Gasteiger partial charge is 0.337 e. The largest absolute Gasteiger partial charge is 0.466 e. The Morgan fingerprint density at radius 3 is 2.34 bits per heavy atom. The minimum atomic E-state index is -0.824. The number of halogens is 1. The quantitative estimate of drug-likeness (QED) is 0.559. The van der Waals surface area contributed by atoms with E-state index in [1.54, 1.807) is 45.0 Å². The zero-order valence-electron chi connectivity index (χ0n) is 17.0. The molecule has 1 N–H and O–H groups in total. The van der Waals surface area contributed by atoms with E-state index in [0.717, 1.165) is 0 Å². The fourth-order valence-corrected chi connectivity index (χ4v) is 3.34. The number of benzene rings is 1. The number of esters is 2. The summed E-state index contributed by atoms with van der Waals surface area (Å²) < 4.78 is 10.4. The number of rotatable bonds is 6. The van der Waals surface area contributed by atoms with Crippen molar-refractivity contribution in [3.63, 3.8) is 0 Å². The Kier molecular flexibility index (Phi) is 7.40. The van der Waals surface area contributed by atoms with Crippen molar-refractivity contribution in [2.75, 3.05) is 7.11 Å². The summed E-state index contributed by atoms with van der Waals surface area (Å²) in [7, 11) is 1.25. The second-order valence-corrected chi connectivity index (χ2v) is 7.24. The molecule has 1 heterocycles. The predicted molar refractivity (Wildman–Crippen MR) is 110 cm³/mol. The second-order valence-electron chi connectivity index (χ2n) is 6.84. The molecule has 0 bridgehead atoms. The first-order valence-electron chi connectivity index (χ1n) is 9.11. The Balaban J connectivity index is 2.78. The van der Waals surface area contributed by atoms with Crippen molar-refractivity contribution in [1.29, 1.82) is 0 Å². The lowest BCUT2D eigenvalue weighted by atomic mass is 9.80. The number of allylic oxidation sites excluding steroid dienone is 3. The molecule has 1 atom stereocenters. The summed E-state index contributed by atoms with van der Waals surface area (Å²) in [6.07, 6.45) is 2.48. The van der Waals surface area contributed by atoms with Gasteiger partial charge in [0.05, 0.1) is 30.3 Å². The maximum absolute atomic E-state index is 12.9. The number of nitrogens with one attached hydrogen (secondary N) is 1. The molecule has 0 amide bonds. The Morgan fingerprint density at radius 2 is 1.79 bits per heavy atom. The Labute approximate surface area is 175 Å². The Bertz CT molecular complexity index is 927. The number of ketones is 1. The molecule has 29 heavy (non-hydrogen) atoms. The van der Waals surface area contributed by atoms with Gasteiger partial charge >= 0.3 is 11.9 Å². The van der Waals surface area contributed by atoms with Crippen LogP contribution < -0.4 is 5.32 Å². The third kappa shape index (κ3) is 5.15. The molecule has 0 aliphatic carbocycles. The van der Waals surface area contributed by atoms with Gasteiger partial charge in [-0.25, -0.2) is 9.59 Å². The zero-order valence-corrected chi connectivity index (χ0v) is 17.8. The van der Waals surface area contributed by atoms with Crippen molar-refractivity contribution in [3.8, 4) is 0 Å². The standard InChI is InChI=1S/C22H24ClNO5/c1-12(2)29-22(27)18-14(4)24-17(11-10-13(3)25)20(21(26)28-5)19(18)15-8-6-7-9-16(15)23/h6-12,19,24H,1-5H3/b11-10+. The SMILES string of the molecule is COC(=O)C1=C(/C=C/C(C)=O)NC(C)=C(C(=O)OC(C)C)C1c1ccccc1Cl. The molecule has 0 radical (unpaired) electrons. The monoisotopic (exact) mass is 417 g/mol. The van der Waals surface area contributed by atoms with Gasteiger partial charge in [0.25, 0.3) is 0 Å². The van der Waals surface area contributed by atoms with Crippen molar-refractivity contribution < 1.29 is 23.9 Å². The van der Waals surface area contributed by atoms with E-state index in [-0.39, 0.29) is 23.0 Å². The number of hydrogen-bond acceptors (Lipinski definition) is 6. The van der Waals surface area contributed by atoms with Crippen LogP contribution in [0.15, 0.2) is 59.0 Å². The van der Waals surface area contributed by atoms with Gasteiger partial charge in [0, 0.05) is 16.4 Å². The molecule has 7 heteroatoms. The van der Waals surface area contributed by atoms with Gasteiger partial charge in [0.15, 0.2) is 5.78 Å². The van der Waals surface area contributed by atoms with E-state index >= 15 is 0 Å². The molecular weight excluding hydrogens is 394 g/mol. The highest BCUT2D eigenvalue weighted by Gasteiger charge is 2.39. The average molecular weight is 418 g/mol. The van der Waals surface area contributed by atoms with Crippen LogP contribution >= 0.6 is 11.6 Å². The van der Waals surface area contributed by atoms with Crippen molar-refractivity contribution in [1.82, 2.24) is 5.32 Å². The number of carbonyl (C=O) groups is 3. The lowest BCUT2D eigenvalue weighted by molar-refractivity contribution is -0.143. The first kappa shape index (κ1) is 22.4. The Hall–Kier alpha value is -2.86. The van der Waals surface area contributed by atoms with E-state index in [0.29, 0.717) is 22.0 Å². The number of hydrogen-bond donors (Lipinski definition) is 1. The van der Waals surface area contributed by atoms with Crippen LogP contribution in [0.1, 0.15) is 39.2 Å². The van der Waals surface area contributed by atoms with Crippen molar-refractivity contribution in [3.05, 3.63) is 69.5 Å². The van der Waals surface area contributed by atoms with Gasteiger partial charge in [-0.05, 0) is 51.5 Å². The molecule has 0 spiro atoms. The van der Waals surface area contributed by atoms with E-state index in [9.17, 15) is 14.4 Å². The lowest BCUT2D eigenvalue weighted by Crippen LogP contribution is -2.33. The highest BCUT2D eigenvalue weighted by atomic mass is 35.5. The molecule has 0 aromatic heterocycles. The molecule has 1 aliphatic heterocycles. The van der Waals surface area contributed by atoms with Crippen molar-refractivity contribution in [2.45, 2.75) is 39.7 Å². The molecule has 6 nitrogen and oxygen atoms in total. The average Bonchev–Trinajstić information content (AvgIpc) is 2.64. The third-order valence-electron chi connectivity index (χ3n) is 4.26. The van der Waals surface area contributed by atoms with Gasteiger partial charge in [0.2, 0.25) is 0 Å². The van der Waals surface area contributed by atoms with Crippen molar-refractivity contribution >= 4 is 29.3 Å². The molecule has 154 valence electrons. The summed E-state index contributed by atoms with van der Waals surface area (Å²) in [5, 5.41) is 3.42. The second kappa shape index (κ2) is 9.56. The van der Waals surface area contributed by atoms with Crippen molar-refractivity contribution in [2.24, 2.45) is 0 Å². The lowest BCUT2D eigenvalue weighted by Gasteiger charge is -2.31. The molecule has 0 saturated heterocycles. The van der Waals surface area contributed by atoms with Crippen LogP contribution in [0.3, 0.4) is 0 Å². The minimum absolute atomic E-state index is 0.166. The third-order valence-corrected chi connectivity index (χ3v) is 4.61. The van der Waals surface area contributed by atoms with E-state index < -0.39 is 17.9 Å². The molecule has 1 aromatic carbocycles. The van der Waals surface area contributed by atoms with Gasteiger partial charge in [-0.15, -0.1) is 0 Å². The molecular formula is C22H24ClNO5. The predicted octanol–water partition coefficient (Wildman–Crippen LogP) is 3.82. The highest BCUT2D eigenvalue weighted by molar-refractivity contribution is 6.31. The van der Waals surface area contributed by atoms with E-state index in [1.807, 2.05) is 0 Å². The van der Waals surface area contributed by atoms with E-state index in [2.05, 4.69) is 5.32 Å². The van der Waals surface area contributed by atoms with Gasteiger partial charge in [-0.3, -0.25) is 4.79 Å². The maximum atomic E-state index is 12.9. The normalized spacial score (nSPS) is 16.9. The zero-order chi connectivity index (χ0) is 21.7. The highest BCUT2D eigenvalue weighted by Crippen LogP contribution is 2.42. The van der Waals surface area contributed by atoms with Crippen LogP contribution in [0.2, 0.25) is 5.02 Å². The van der Waals surface area contributed by atoms with Gasteiger partial charge in [0.1, 0.15) is 0 Å². The first-order chi connectivity index (χ1) is 13.7. The fraction of sp³-hybridized carbons (Fsp3) is 0.318. The summed E-state index contributed by atoms with van der Waals surface area (Å²) in [4.78, 5) is 37.1. The molecule has 1 unspecified atom stereocenters. The summed E-state index contributed by atoms with van der Waals surface area (Å²) in [6.45, 7) is 6.59. The van der Waals surface area contributed by atoms with Crippen LogP contribution in [0, 0.1) is 0 Å². The van der Waals surface area contributed by atoms with Crippen LogP contribution in [-0.4, -0.2) is 30.9 Å². The minimum Gasteiger partial charge on any atom is -0.466 e. The molecule has 1 aliphatic rings. The summed E-state index contributed by atoms with van der Waals surface area (Å²) >= 11 is 6.43. The van der Waals surface area contributed by atoms with Gasteiger partial charge in [-0.1, -0.05) is 29.8 Å². The van der Waals surface area contributed by atoms with Crippen LogP contribution in [0.5, 0.6) is 0 Å². The van der Waals surface area contributed by atoms with E-state index in [1.165, 1.54) is 26.2 Å². The van der Waals surface area contributed by atoms with Crippen LogP contribution in [0.4, 0.5) is 0 Å².